The fraction of sp³-hybridized carbons (Fsp3) is 0.647. The third kappa shape index (κ3) is 4.58. The number of likely N-dealkylation sites (N-methyl/N-ethyl adjacent to an activating group) is 1. The molecule has 0 spiro atoms. The van der Waals surface area contributed by atoms with Crippen molar-refractivity contribution in [2.75, 3.05) is 32.7 Å². The molecule has 1 saturated heterocycles. The highest BCUT2D eigenvalue weighted by molar-refractivity contribution is 5.27. The minimum absolute atomic E-state index is 0.538. The van der Waals surface area contributed by atoms with E-state index in [0.717, 1.165) is 13.1 Å². The first-order valence-corrected chi connectivity index (χ1v) is 7.94. The molecule has 1 aliphatic rings. The van der Waals surface area contributed by atoms with Crippen molar-refractivity contribution in [3.05, 3.63) is 35.4 Å². The molecule has 2 rings (SSSR count). The van der Waals surface area contributed by atoms with Gasteiger partial charge in [0.25, 0.3) is 0 Å². The molecule has 0 aliphatic carbocycles. The molecule has 0 unspecified atom stereocenters. The van der Waals surface area contributed by atoms with Crippen LogP contribution >= 0.6 is 0 Å². The van der Waals surface area contributed by atoms with Gasteiger partial charge >= 0.3 is 0 Å². The van der Waals surface area contributed by atoms with Gasteiger partial charge in [-0.05, 0) is 17.7 Å². The van der Waals surface area contributed by atoms with E-state index in [4.69, 9.17) is 0 Å². The lowest BCUT2D eigenvalue weighted by Crippen LogP contribution is -2.45. The van der Waals surface area contributed by atoms with Crippen molar-refractivity contribution in [2.24, 2.45) is 0 Å². The van der Waals surface area contributed by atoms with Gasteiger partial charge in [0.15, 0.2) is 0 Å². The van der Waals surface area contributed by atoms with Crippen LogP contribution in [0.25, 0.3) is 0 Å². The van der Waals surface area contributed by atoms with E-state index in [9.17, 15) is 0 Å². The van der Waals surface area contributed by atoms with Gasteiger partial charge in [-0.15, -0.1) is 0 Å². The third-order valence-corrected chi connectivity index (χ3v) is 4.13. The van der Waals surface area contributed by atoms with E-state index in [1.54, 1.807) is 0 Å². The number of nitrogens with zero attached hydrogens (tertiary/aromatic N) is 2. The normalized spacial score (nSPS) is 17.8. The van der Waals surface area contributed by atoms with Crippen LogP contribution in [0.15, 0.2) is 24.3 Å². The molecule has 0 atom stereocenters. The summed E-state index contributed by atoms with van der Waals surface area (Å²) in [5.74, 6) is 0. The summed E-state index contributed by atoms with van der Waals surface area (Å²) in [6.07, 6.45) is 0. The average Bonchev–Trinajstić information content (AvgIpc) is 2.47. The largest absolute Gasteiger partial charge is 0.310 e. The Labute approximate surface area is 124 Å². The molecule has 0 saturated carbocycles. The van der Waals surface area contributed by atoms with Crippen molar-refractivity contribution < 1.29 is 0 Å². The van der Waals surface area contributed by atoms with E-state index in [1.807, 2.05) is 0 Å². The standard InChI is InChI=1S/C17H29N3/c1-4-19-9-11-20(12-10-19)14-17-8-6-5-7-16(17)13-18-15(2)3/h5-8,15,18H,4,9-14H2,1-3H3. The number of rotatable bonds is 6. The SMILES string of the molecule is CCN1CCN(Cc2ccccc2CNC(C)C)CC1. The summed E-state index contributed by atoms with van der Waals surface area (Å²) in [6.45, 7) is 14.7. The molecule has 20 heavy (non-hydrogen) atoms. The van der Waals surface area contributed by atoms with Crippen molar-refractivity contribution in [2.45, 2.75) is 39.9 Å². The van der Waals surface area contributed by atoms with Crippen molar-refractivity contribution in [3.63, 3.8) is 0 Å². The lowest BCUT2D eigenvalue weighted by atomic mass is 10.1. The number of benzene rings is 1. The first kappa shape index (κ1) is 15.5. The van der Waals surface area contributed by atoms with Gasteiger partial charge in [-0.25, -0.2) is 0 Å². The lowest BCUT2D eigenvalue weighted by molar-refractivity contribution is 0.131. The quantitative estimate of drug-likeness (QED) is 0.859. The van der Waals surface area contributed by atoms with E-state index >= 15 is 0 Å². The zero-order valence-corrected chi connectivity index (χ0v) is 13.2. The fourth-order valence-corrected chi connectivity index (χ4v) is 2.70. The first-order chi connectivity index (χ1) is 9.69. The molecule has 1 aromatic rings. The van der Waals surface area contributed by atoms with Crippen molar-refractivity contribution in [1.29, 1.82) is 0 Å². The molecule has 112 valence electrons. The Kier molecular flexibility index (Phi) is 6.02. The molecule has 0 aromatic heterocycles. The zero-order valence-electron chi connectivity index (χ0n) is 13.2. The minimum atomic E-state index is 0.538. The Hall–Kier alpha value is -0.900. The van der Waals surface area contributed by atoms with Crippen LogP contribution in [0.3, 0.4) is 0 Å². The molecular formula is C17H29N3. The second-order valence-corrected chi connectivity index (χ2v) is 6.01. The second kappa shape index (κ2) is 7.77. The van der Waals surface area contributed by atoms with Gasteiger partial charge < -0.3 is 10.2 Å². The maximum Gasteiger partial charge on any atom is 0.0238 e. The van der Waals surface area contributed by atoms with Crippen LogP contribution in [-0.4, -0.2) is 48.6 Å². The molecule has 1 N–H and O–H groups in total. The molecule has 3 nitrogen and oxygen atoms in total. The Morgan fingerprint density at radius 1 is 1.00 bits per heavy atom. The zero-order chi connectivity index (χ0) is 14.4. The maximum atomic E-state index is 3.53. The third-order valence-electron chi connectivity index (χ3n) is 4.13. The summed E-state index contributed by atoms with van der Waals surface area (Å²) in [5.41, 5.74) is 2.92. The highest BCUT2D eigenvalue weighted by atomic mass is 15.3. The Bertz CT molecular complexity index is 395. The summed E-state index contributed by atoms with van der Waals surface area (Å²) in [6, 6.07) is 9.39. The molecule has 1 fully saturated rings. The Balaban J connectivity index is 1.92. The molecule has 0 bridgehead atoms. The van der Waals surface area contributed by atoms with Crippen molar-refractivity contribution >= 4 is 0 Å². The maximum absolute atomic E-state index is 3.53. The average molecular weight is 275 g/mol. The smallest absolute Gasteiger partial charge is 0.0238 e. The highest BCUT2D eigenvalue weighted by Crippen LogP contribution is 2.13. The summed E-state index contributed by atoms with van der Waals surface area (Å²) in [7, 11) is 0. The fourth-order valence-electron chi connectivity index (χ4n) is 2.70. The Morgan fingerprint density at radius 2 is 1.60 bits per heavy atom. The van der Waals surface area contributed by atoms with Crippen LogP contribution < -0.4 is 5.32 Å². The van der Waals surface area contributed by atoms with Crippen molar-refractivity contribution in [1.82, 2.24) is 15.1 Å². The molecule has 1 aromatic carbocycles. The van der Waals surface area contributed by atoms with Gasteiger partial charge in [-0.1, -0.05) is 45.0 Å². The summed E-state index contributed by atoms with van der Waals surface area (Å²) < 4.78 is 0. The number of piperazine rings is 1. The van der Waals surface area contributed by atoms with Gasteiger partial charge in [-0.2, -0.15) is 0 Å². The summed E-state index contributed by atoms with van der Waals surface area (Å²) in [5, 5.41) is 3.53. The molecule has 0 radical (unpaired) electrons. The van der Waals surface area contributed by atoms with E-state index in [2.05, 4.69) is 60.2 Å². The number of hydrogen-bond acceptors (Lipinski definition) is 3. The monoisotopic (exact) mass is 275 g/mol. The summed E-state index contributed by atoms with van der Waals surface area (Å²) in [4.78, 5) is 5.11. The number of hydrogen-bond donors (Lipinski definition) is 1. The Morgan fingerprint density at radius 3 is 2.20 bits per heavy atom. The van der Waals surface area contributed by atoms with Gasteiger partial charge in [0.2, 0.25) is 0 Å². The van der Waals surface area contributed by atoms with Gasteiger partial charge in [-0.3, -0.25) is 4.90 Å². The highest BCUT2D eigenvalue weighted by Gasteiger charge is 2.16. The molecule has 3 heteroatoms. The minimum Gasteiger partial charge on any atom is -0.310 e. The van der Waals surface area contributed by atoms with E-state index < -0.39 is 0 Å². The predicted molar refractivity (Wildman–Crippen MR) is 85.8 cm³/mol. The topological polar surface area (TPSA) is 18.5 Å². The van der Waals surface area contributed by atoms with E-state index in [-0.39, 0.29) is 0 Å². The van der Waals surface area contributed by atoms with Crippen LogP contribution in [0.4, 0.5) is 0 Å². The predicted octanol–water partition coefficient (Wildman–Crippen LogP) is 2.32. The molecule has 1 aliphatic heterocycles. The van der Waals surface area contributed by atoms with Crippen LogP contribution in [-0.2, 0) is 13.1 Å². The van der Waals surface area contributed by atoms with E-state index in [1.165, 1.54) is 43.9 Å². The van der Waals surface area contributed by atoms with Crippen LogP contribution in [0.2, 0.25) is 0 Å². The van der Waals surface area contributed by atoms with Crippen LogP contribution in [0.1, 0.15) is 31.9 Å². The van der Waals surface area contributed by atoms with Gasteiger partial charge in [0, 0.05) is 45.3 Å². The molecule has 1 heterocycles. The van der Waals surface area contributed by atoms with E-state index in [0.29, 0.717) is 6.04 Å². The first-order valence-electron chi connectivity index (χ1n) is 7.94. The van der Waals surface area contributed by atoms with Crippen LogP contribution in [0.5, 0.6) is 0 Å². The van der Waals surface area contributed by atoms with Gasteiger partial charge in [0.1, 0.15) is 0 Å². The summed E-state index contributed by atoms with van der Waals surface area (Å²) >= 11 is 0. The lowest BCUT2D eigenvalue weighted by Gasteiger charge is -2.34. The van der Waals surface area contributed by atoms with Gasteiger partial charge in [0.05, 0.1) is 0 Å². The molecule has 0 amide bonds. The van der Waals surface area contributed by atoms with Crippen LogP contribution in [0, 0.1) is 0 Å². The van der Waals surface area contributed by atoms with Crippen molar-refractivity contribution in [3.8, 4) is 0 Å². The molecular weight excluding hydrogens is 246 g/mol. The number of nitrogens with one attached hydrogen (secondary N) is 1. The second-order valence-electron chi connectivity index (χ2n) is 6.01.